The summed E-state index contributed by atoms with van der Waals surface area (Å²) in [6.07, 6.45) is -0.0734. The molecule has 1 amide bonds. The van der Waals surface area contributed by atoms with Crippen LogP contribution in [-0.2, 0) is 14.6 Å². The number of carbonyl (C=O) groups is 1. The number of hydrogen-bond acceptors (Lipinski definition) is 4. The lowest BCUT2D eigenvalue weighted by Crippen LogP contribution is -2.24. The molecule has 0 aliphatic rings. The highest BCUT2D eigenvalue weighted by molar-refractivity contribution is 7.91. The molecule has 0 atom stereocenters. The molecule has 0 fully saturated rings. The third-order valence-corrected chi connectivity index (χ3v) is 4.57. The van der Waals surface area contributed by atoms with E-state index in [1.54, 1.807) is 14.1 Å². The average molecular weight is 291 g/mol. The Hall–Kier alpha value is -1.27. The second-order valence-electron chi connectivity index (χ2n) is 4.05. The highest BCUT2D eigenvalue weighted by Crippen LogP contribution is 2.25. The van der Waals surface area contributed by atoms with Crippen LogP contribution in [0.3, 0.4) is 0 Å². The maximum Gasteiger partial charge on any atom is 0.223 e. The van der Waals surface area contributed by atoms with Crippen molar-refractivity contribution >= 4 is 33.0 Å². The Labute approximate surface area is 111 Å². The van der Waals surface area contributed by atoms with Crippen molar-refractivity contribution in [3.05, 3.63) is 23.2 Å². The molecule has 2 N–H and O–H groups in total. The summed E-state index contributed by atoms with van der Waals surface area (Å²) in [6, 6.07) is 4.20. The van der Waals surface area contributed by atoms with Gasteiger partial charge in [0.1, 0.15) is 0 Å². The van der Waals surface area contributed by atoms with Crippen LogP contribution in [0.5, 0.6) is 0 Å². The quantitative estimate of drug-likeness (QED) is 0.844. The zero-order valence-electron chi connectivity index (χ0n) is 10.2. The number of hydrogen-bond donors (Lipinski definition) is 1. The maximum atomic E-state index is 12.0. The van der Waals surface area contributed by atoms with Crippen LogP contribution in [0.25, 0.3) is 0 Å². The fourth-order valence-corrected chi connectivity index (χ4v) is 3.16. The third kappa shape index (κ3) is 3.61. The van der Waals surface area contributed by atoms with Crippen molar-refractivity contribution in [1.82, 2.24) is 4.90 Å². The monoisotopic (exact) mass is 290 g/mol. The summed E-state index contributed by atoms with van der Waals surface area (Å²) < 4.78 is 24.0. The fraction of sp³-hybridized carbons (Fsp3) is 0.364. The van der Waals surface area contributed by atoms with Crippen LogP contribution < -0.4 is 5.73 Å². The van der Waals surface area contributed by atoms with Gasteiger partial charge >= 0.3 is 0 Å². The normalized spacial score (nSPS) is 11.3. The average Bonchev–Trinajstić information content (AvgIpc) is 2.25. The lowest BCUT2D eigenvalue weighted by Gasteiger charge is -2.11. The zero-order chi connectivity index (χ0) is 13.9. The Morgan fingerprint density at radius 3 is 2.50 bits per heavy atom. The summed E-state index contributed by atoms with van der Waals surface area (Å²) in [5.41, 5.74) is 5.88. The number of rotatable bonds is 4. The van der Waals surface area contributed by atoms with E-state index >= 15 is 0 Å². The van der Waals surface area contributed by atoms with Crippen molar-refractivity contribution in [3.63, 3.8) is 0 Å². The van der Waals surface area contributed by atoms with Gasteiger partial charge in [-0.15, -0.1) is 0 Å². The van der Waals surface area contributed by atoms with Crippen molar-refractivity contribution in [2.45, 2.75) is 11.3 Å². The van der Waals surface area contributed by atoms with Crippen molar-refractivity contribution in [3.8, 4) is 0 Å². The first-order valence-corrected chi connectivity index (χ1v) is 7.25. The van der Waals surface area contributed by atoms with Crippen LogP contribution >= 0.6 is 11.6 Å². The largest absolute Gasteiger partial charge is 0.399 e. The van der Waals surface area contributed by atoms with Gasteiger partial charge in [0.15, 0.2) is 9.84 Å². The molecule has 0 bridgehead atoms. The lowest BCUT2D eigenvalue weighted by atomic mass is 10.3. The second-order valence-corrected chi connectivity index (χ2v) is 6.53. The minimum atomic E-state index is -3.57. The summed E-state index contributed by atoms with van der Waals surface area (Å²) in [4.78, 5) is 12.7. The van der Waals surface area contributed by atoms with Crippen LogP contribution in [0, 0.1) is 0 Å². The summed E-state index contributed by atoms with van der Waals surface area (Å²) in [5, 5.41) is 0.0762. The van der Waals surface area contributed by atoms with E-state index in [9.17, 15) is 13.2 Å². The van der Waals surface area contributed by atoms with E-state index in [2.05, 4.69) is 0 Å². The molecule has 0 heterocycles. The van der Waals surface area contributed by atoms with Gasteiger partial charge in [0.25, 0.3) is 0 Å². The van der Waals surface area contributed by atoms with Crippen molar-refractivity contribution in [2.75, 3.05) is 25.6 Å². The molecule has 0 aromatic heterocycles. The highest BCUT2D eigenvalue weighted by Gasteiger charge is 2.20. The first kappa shape index (κ1) is 14.8. The Kier molecular flexibility index (Phi) is 4.59. The molecule has 0 saturated heterocycles. The summed E-state index contributed by atoms with van der Waals surface area (Å²) >= 11 is 5.84. The molecule has 0 aliphatic heterocycles. The minimum absolute atomic E-state index is 0.00456. The highest BCUT2D eigenvalue weighted by atomic mass is 35.5. The summed E-state index contributed by atoms with van der Waals surface area (Å²) in [5.74, 6) is -0.515. The predicted octanol–water partition coefficient (Wildman–Crippen LogP) is 1.17. The molecule has 0 aliphatic carbocycles. The Morgan fingerprint density at radius 1 is 1.39 bits per heavy atom. The molecule has 1 rings (SSSR count). The Balaban J connectivity index is 2.90. The molecule has 1 aromatic rings. The van der Waals surface area contributed by atoms with E-state index in [0.29, 0.717) is 5.69 Å². The topological polar surface area (TPSA) is 80.5 Å². The number of nitrogen functional groups attached to an aromatic ring is 1. The minimum Gasteiger partial charge on any atom is -0.399 e. The van der Waals surface area contributed by atoms with Crippen LogP contribution in [0.15, 0.2) is 23.1 Å². The molecule has 7 heteroatoms. The van der Waals surface area contributed by atoms with Crippen LogP contribution in [-0.4, -0.2) is 39.1 Å². The zero-order valence-corrected chi connectivity index (χ0v) is 11.8. The van der Waals surface area contributed by atoms with Gasteiger partial charge in [-0.3, -0.25) is 4.79 Å². The van der Waals surface area contributed by atoms with Gasteiger partial charge in [-0.1, -0.05) is 11.6 Å². The van der Waals surface area contributed by atoms with Gasteiger partial charge in [-0.05, 0) is 18.2 Å². The first-order chi connectivity index (χ1) is 8.24. The molecular formula is C11H15ClN2O3S. The molecule has 5 nitrogen and oxygen atoms in total. The summed E-state index contributed by atoms with van der Waals surface area (Å²) in [6.45, 7) is 0. The van der Waals surface area contributed by atoms with Crippen LogP contribution in [0.2, 0.25) is 5.02 Å². The number of carbonyl (C=O) groups excluding carboxylic acids is 1. The number of benzene rings is 1. The van der Waals surface area contributed by atoms with E-state index in [1.165, 1.54) is 23.1 Å². The standard InChI is InChI=1S/C11H15ClN2O3S/c1-14(2)11(15)5-6-18(16,17)10-4-3-8(13)7-9(10)12/h3-4,7H,5-6,13H2,1-2H3. The number of anilines is 1. The van der Waals surface area contributed by atoms with Gasteiger partial charge < -0.3 is 10.6 Å². The van der Waals surface area contributed by atoms with Gasteiger partial charge in [0.2, 0.25) is 5.91 Å². The summed E-state index contributed by atoms with van der Waals surface area (Å²) in [7, 11) is -0.422. The maximum absolute atomic E-state index is 12.0. The van der Waals surface area contributed by atoms with E-state index < -0.39 is 9.84 Å². The van der Waals surface area contributed by atoms with E-state index in [0.717, 1.165) is 0 Å². The van der Waals surface area contributed by atoms with Gasteiger partial charge in [0.05, 0.1) is 15.7 Å². The molecule has 0 radical (unpaired) electrons. The van der Waals surface area contributed by atoms with Gasteiger partial charge in [0, 0.05) is 26.2 Å². The number of halogens is 1. The van der Waals surface area contributed by atoms with Crippen LogP contribution in [0.1, 0.15) is 6.42 Å². The SMILES string of the molecule is CN(C)C(=O)CCS(=O)(=O)c1ccc(N)cc1Cl. The molecule has 0 spiro atoms. The van der Waals surface area contributed by atoms with Gasteiger partial charge in [-0.25, -0.2) is 8.42 Å². The molecule has 0 saturated carbocycles. The smallest absolute Gasteiger partial charge is 0.223 e. The molecule has 100 valence electrons. The van der Waals surface area contributed by atoms with Gasteiger partial charge in [-0.2, -0.15) is 0 Å². The Bertz CT molecular complexity index is 555. The van der Waals surface area contributed by atoms with Crippen molar-refractivity contribution in [2.24, 2.45) is 0 Å². The molecular weight excluding hydrogens is 276 g/mol. The first-order valence-electron chi connectivity index (χ1n) is 5.22. The third-order valence-electron chi connectivity index (χ3n) is 2.37. The molecule has 0 unspecified atom stereocenters. The number of sulfone groups is 1. The fourth-order valence-electron chi connectivity index (χ4n) is 1.32. The van der Waals surface area contributed by atoms with E-state index in [4.69, 9.17) is 17.3 Å². The Morgan fingerprint density at radius 2 is 2.00 bits per heavy atom. The van der Waals surface area contributed by atoms with E-state index in [1.807, 2.05) is 0 Å². The van der Waals surface area contributed by atoms with Crippen molar-refractivity contribution < 1.29 is 13.2 Å². The predicted molar refractivity (Wildman–Crippen MR) is 71.2 cm³/mol. The van der Waals surface area contributed by atoms with Crippen LogP contribution in [0.4, 0.5) is 5.69 Å². The molecule has 1 aromatic carbocycles. The number of amides is 1. The lowest BCUT2D eigenvalue weighted by molar-refractivity contribution is -0.128. The molecule has 18 heavy (non-hydrogen) atoms. The van der Waals surface area contributed by atoms with E-state index in [-0.39, 0.29) is 28.0 Å². The number of nitrogens with zero attached hydrogens (tertiary/aromatic N) is 1. The van der Waals surface area contributed by atoms with Crippen molar-refractivity contribution in [1.29, 1.82) is 0 Å². The number of nitrogens with two attached hydrogens (primary N) is 1. The second kappa shape index (κ2) is 5.58.